The summed E-state index contributed by atoms with van der Waals surface area (Å²) < 4.78 is 4.98. The van der Waals surface area contributed by atoms with E-state index in [-0.39, 0.29) is 11.7 Å². The third-order valence-corrected chi connectivity index (χ3v) is 4.15. The van der Waals surface area contributed by atoms with Gasteiger partial charge in [0.15, 0.2) is 0 Å². The molecule has 1 fully saturated rings. The van der Waals surface area contributed by atoms with Crippen LogP contribution in [0, 0.1) is 13.8 Å². The largest absolute Gasteiger partial charge is 0.369 e. The van der Waals surface area contributed by atoms with Crippen molar-refractivity contribution in [3.05, 3.63) is 41.3 Å². The molecule has 6 heteroatoms. The highest BCUT2D eigenvalue weighted by molar-refractivity contribution is 6.02. The lowest BCUT2D eigenvalue weighted by Gasteiger charge is -2.35. The van der Waals surface area contributed by atoms with Crippen LogP contribution in [0.15, 0.2) is 28.8 Å². The molecule has 1 aromatic heterocycles. The summed E-state index contributed by atoms with van der Waals surface area (Å²) in [5.74, 6) is -0.0550. The number of aryl methyl sites for hydroxylation is 2. The quantitative estimate of drug-likeness (QED) is 0.942. The van der Waals surface area contributed by atoms with Crippen molar-refractivity contribution in [1.29, 1.82) is 0 Å². The fourth-order valence-electron chi connectivity index (χ4n) is 2.80. The Morgan fingerprint density at radius 1 is 1.17 bits per heavy atom. The Labute approximate surface area is 136 Å². The van der Waals surface area contributed by atoms with Crippen molar-refractivity contribution < 1.29 is 9.32 Å². The number of nitrogens with one attached hydrogen (secondary N) is 1. The zero-order chi connectivity index (χ0) is 16.4. The van der Waals surface area contributed by atoms with E-state index in [1.807, 2.05) is 12.1 Å². The molecule has 2 heterocycles. The van der Waals surface area contributed by atoms with E-state index < -0.39 is 0 Å². The van der Waals surface area contributed by atoms with Gasteiger partial charge in [0.25, 0.3) is 5.91 Å². The highest BCUT2D eigenvalue weighted by atomic mass is 16.5. The van der Waals surface area contributed by atoms with Gasteiger partial charge in [0.1, 0.15) is 0 Å². The Balaban J connectivity index is 1.70. The monoisotopic (exact) mass is 314 g/mol. The van der Waals surface area contributed by atoms with Crippen molar-refractivity contribution in [2.24, 2.45) is 0 Å². The maximum atomic E-state index is 12.1. The fraction of sp³-hybridized carbons (Fsp3) is 0.412. The molecule has 0 atom stereocenters. The Bertz CT molecular complexity index is 702. The van der Waals surface area contributed by atoms with Crippen LogP contribution in [0.1, 0.15) is 21.8 Å². The lowest BCUT2D eigenvalue weighted by atomic mass is 10.1. The van der Waals surface area contributed by atoms with Crippen molar-refractivity contribution in [2.75, 3.05) is 43.4 Å². The molecule has 1 aliphatic rings. The molecule has 0 bridgehead atoms. The van der Waals surface area contributed by atoms with Gasteiger partial charge in [-0.15, -0.1) is 0 Å². The lowest BCUT2D eigenvalue weighted by Crippen LogP contribution is -2.44. The van der Waals surface area contributed by atoms with Crippen LogP contribution in [-0.2, 0) is 0 Å². The van der Waals surface area contributed by atoms with Gasteiger partial charge in [-0.05, 0) is 44.7 Å². The number of rotatable bonds is 3. The smallest absolute Gasteiger partial charge is 0.294 e. The van der Waals surface area contributed by atoms with Gasteiger partial charge in [0, 0.05) is 43.6 Å². The molecule has 1 aliphatic heterocycles. The van der Waals surface area contributed by atoms with Gasteiger partial charge in [-0.3, -0.25) is 4.79 Å². The highest BCUT2D eigenvalue weighted by Crippen LogP contribution is 2.25. The Morgan fingerprint density at radius 2 is 1.91 bits per heavy atom. The van der Waals surface area contributed by atoms with E-state index in [9.17, 15) is 4.79 Å². The molecule has 23 heavy (non-hydrogen) atoms. The molecular formula is C17H22N4O2. The van der Waals surface area contributed by atoms with Crippen LogP contribution in [0.5, 0.6) is 0 Å². The zero-order valence-electron chi connectivity index (χ0n) is 13.8. The summed E-state index contributed by atoms with van der Waals surface area (Å²) in [6.45, 7) is 8.06. The number of amides is 1. The van der Waals surface area contributed by atoms with Crippen LogP contribution in [0.3, 0.4) is 0 Å². The summed E-state index contributed by atoms with van der Waals surface area (Å²) in [6.07, 6.45) is 0. The molecule has 0 unspecified atom stereocenters. The van der Waals surface area contributed by atoms with Crippen LogP contribution in [0.2, 0.25) is 0 Å². The minimum atomic E-state index is -0.280. The molecule has 0 spiro atoms. The number of anilines is 2. The van der Waals surface area contributed by atoms with Crippen molar-refractivity contribution in [3.63, 3.8) is 0 Å². The van der Waals surface area contributed by atoms with E-state index in [0.717, 1.165) is 37.4 Å². The van der Waals surface area contributed by atoms with Crippen LogP contribution in [-0.4, -0.2) is 49.2 Å². The normalized spacial score (nSPS) is 15.7. The standard InChI is InChI=1S/C17H22N4O2/c1-12-10-14(18-17(22)16-11-13(2)19-23-16)4-5-15(12)21-8-6-20(3)7-9-21/h4-5,10-11H,6-9H2,1-3H3,(H,18,22). The Morgan fingerprint density at radius 3 is 2.52 bits per heavy atom. The van der Waals surface area contributed by atoms with E-state index in [1.54, 1.807) is 13.0 Å². The first kappa shape index (κ1) is 15.6. The van der Waals surface area contributed by atoms with Crippen molar-refractivity contribution in [1.82, 2.24) is 10.1 Å². The SMILES string of the molecule is Cc1cc(C(=O)Nc2ccc(N3CCN(C)CC3)c(C)c2)on1. The van der Waals surface area contributed by atoms with E-state index in [2.05, 4.69) is 40.3 Å². The van der Waals surface area contributed by atoms with E-state index >= 15 is 0 Å². The van der Waals surface area contributed by atoms with Gasteiger partial charge in [-0.25, -0.2) is 0 Å². The van der Waals surface area contributed by atoms with Gasteiger partial charge in [0.2, 0.25) is 5.76 Å². The Kier molecular flexibility index (Phi) is 4.34. The maximum absolute atomic E-state index is 12.1. The number of hydrogen-bond acceptors (Lipinski definition) is 5. The first-order valence-corrected chi connectivity index (χ1v) is 7.82. The second-order valence-corrected chi connectivity index (χ2v) is 6.08. The van der Waals surface area contributed by atoms with Crippen LogP contribution < -0.4 is 10.2 Å². The summed E-state index contributed by atoms with van der Waals surface area (Å²) in [4.78, 5) is 16.8. The van der Waals surface area contributed by atoms with Crippen LogP contribution in [0.25, 0.3) is 0 Å². The highest BCUT2D eigenvalue weighted by Gasteiger charge is 2.17. The minimum Gasteiger partial charge on any atom is -0.369 e. The molecule has 3 rings (SSSR count). The molecule has 1 saturated heterocycles. The number of carbonyl (C=O) groups is 1. The molecular weight excluding hydrogens is 292 g/mol. The van der Waals surface area contributed by atoms with Gasteiger partial charge < -0.3 is 19.6 Å². The first-order chi connectivity index (χ1) is 11.0. The maximum Gasteiger partial charge on any atom is 0.294 e. The topological polar surface area (TPSA) is 61.6 Å². The minimum absolute atomic E-state index is 0.225. The molecule has 6 nitrogen and oxygen atoms in total. The summed E-state index contributed by atoms with van der Waals surface area (Å²) in [5, 5.41) is 6.58. The average Bonchev–Trinajstić information content (AvgIpc) is 2.95. The van der Waals surface area contributed by atoms with Crippen molar-refractivity contribution in [3.8, 4) is 0 Å². The van der Waals surface area contributed by atoms with Gasteiger partial charge in [0.05, 0.1) is 5.69 Å². The summed E-state index contributed by atoms with van der Waals surface area (Å²) in [5.41, 5.74) is 3.84. The van der Waals surface area contributed by atoms with Crippen LogP contribution in [0.4, 0.5) is 11.4 Å². The third-order valence-electron chi connectivity index (χ3n) is 4.15. The summed E-state index contributed by atoms with van der Waals surface area (Å²) in [6, 6.07) is 7.62. The number of nitrogens with zero attached hydrogens (tertiary/aromatic N) is 3. The molecule has 1 N–H and O–H groups in total. The molecule has 2 aromatic rings. The number of benzene rings is 1. The predicted molar refractivity (Wildman–Crippen MR) is 90.1 cm³/mol. The average molecular weight is 314 g/mol. The zero-order valence-corrected chi connectivity index (χ0v) is 13.8. The van der Waals surface area contributed by atoms with Gasteiger partial charge in [-0.1, -0.05) is 5.16 Å². The van der Waals surface area contributed by atoms with E-state index in [4.69, 9.17) is 4.52 Å². The second-order valence-electron chi connectivity index (χ2n) is 6.08. The number of piperazine rings is 1. The molecule has 122 valence electrons. The predicted octanol–water partition coefficient (Wildman–Crippen LogP) is 2.30. The van der Waals surface area contributed by atoms with Gasteiger partial charge >= 0.3 is 0 Å². The lowest BCUT2D eigenvalue weighted by molar-refractivity contribution is 0.0988. The van der Waals surface area contributed by atoms with E-state index in [1.165, 1.54) is 5.69 Å². The number of hydrogen-bond donors (Lipinski definition) is 1. The van der Waals surface area contributed by atoms with E-state index in [0.29, 0.717) is 5.69 Å². The number of carbonyl (C=O) groups excluding carboxylic acids is 1. The van der Waals surface area contributed by atoms with Crippen molar-refractivity contribution >= 4 is 17.3 Å². The molecule has 0 aliphatic carbocycles. The molecule has 0 radical (unpaired) electrons. The molecule has 0 saturated carbocycles. The molecule has 1 aromatic carbocycles. The van der Waals surface area contributed by atoms with Crippen molar-refractivity contribution in [2.45, 2.75) is 13.8 Å². The second kappa shape index (κ2) is 6.42. The number of likely N-dealkylation sites (N-methyl/N-ethyl adjacent to an activating group) is 1. The Hall–Kier alpha value is -2.34. The summed E-state index contributed by atoms with van der Waals surface area (Å²) >= 11 is 0. The first-order valence-electron chi connectivity index (χ1n) is 7.82. The van der Waals surface area contributed by atoms with Gasteiger partial charge in [-0.2, -0.15) is 0 Å². The fourth-order valence-corrected chi connectivity index (χ4v) is 2.80. The van der Waals surface area contributed by atoms with Crippen LogP contribution >= 0.6 is 0 Å². The number of aromatic nitrogens is 1. The summed E-state index contributed by atoms with van der Waals surface area (Å²) in [7, 11) is 2.15. The molecule has 1 amide bonds. The third kappa shape index (κ3) is 3.53.